The van der Waals surface area contributed by atoms with Gasteiger partial charge in [0, 0.05) is 10.6 Å². The summed E-state index contributed by atoms with van der Waals surface area (Å²) in [5.74, 6) is 0.680. The summed E-state index contributed by atoms with van der Waals surface area (Å²) >= 11 is 5.92. The van der Waals surface area contributed by atoms with Crippen LogP contribution in [0.5, 0.6) is 5.75 Å². The van der Waals surface area contributed by atoms with Crippen molar-refractivity contribution in [2.24, 2.45) is 0 Å². The molecule has 2 rings (SSSR count). The molecule has 2 aromatic carbocycles. The summed E-state index contributed by atoms with van der Waals surface area (Å²) < 4.78 is 5.27. The molecular formula is C15H15ClO2. The quantitative estimate of drug-likeness (QED) is 0.913. The number of para-hydroxylation sites is 1. The number of aliphatic hydroxyl groups is 1. The first-order valence-electron chi connectivity index (χ1n) is 5.70. The number of rotatable bonds is 3. The van der Waals surface area contributed by atoms with E-state index >= 15 is 0 Å². The van der Waals surface area contributed by atoms with Crippen LogP contribution in [0.3, 0.4) is 0 Å². The number of hydrogen-bond donors (Lipinski definition) is 1. The van der Waals surface area contributed by atoms with E-state index in [4.69, 9.17) is 16.3 Å². The monoisotopic (exact) mass is 262 g/mol. The molecule has 0 aliphatic heterocycles. The molecule has 1 N–H and O–H groups in total. The molecule has 0 aromatic heterocycles. The predicted octanol–water partition coefficient (Wildman–Crippen LogP) is 3.74. The van der Waals surface area contributed by atoms with Gasteiger partial charge in [0.2, 0.25) is 0 Å². The lowest BCUT2D eigenvalue weighted by Crippen LogP contribution is -2.04. The van der Waals surface area contributed by atoms with Crippen molar-refractivity contribution in [3.63, 3.8) is 0 Å². The van der Waals surface area contributed by atoms with E-state index in [0.717, 1.165) is 16.7 Å². The summed E-state index contributed by atoms with van der Waals surface area (Å²) in [5, 5.41) is 11.1. The zero-order valence-electron chi connectivity index (χ0n) is 10.4. The second-order valence-electron chi connectivity index (χ2n) is 4.15. The van der Waals surface area contributed by atoms with Gasteiger partial charge in [-0.25, -0.2) is 0 Å². The molecule has 0 aliphatic rings. The van der Waals surface area contributed by atoms with Gasteiger partial charge in [0.15, 0.2) is 0 Å². The molecule has 0 saturated heterocycles. The van der Waals surface area contributed by atoms with E-state index in [1.807, 2.05) is 43.3 Å². The van der Waals surface area contributed by atoms with Crippen molar-refractivity contribution in [3.05, 3.63) is 64.2 Å². The van der Waals surface area contributed by atoms with Crippen molar-refractivity contribution in [1.29, 1.82) is 0 Å². The Morgan fingerprint density at radius 2 is 1.83 bits per heavy atom. The normalized spacial score (nSPS) is 12.2. The third-order valence-electron chi connectivity index (χ3n) is 2.96. The zero-order valence-corrected chi connectivity index (χ0v) is 11.1. The third kappa shape index (κ3) is 2.50. The Morgan fingerprint density at radius 1 is 1.11 bits per heavy atom. The fourth-order valence-corrected chi connectivity index (χ4v) is 2.23. The Bertz CT molecular complexity index is 552. The van der Waals surface area contributed by atoms with Crippen LogP contribution in [-0.2, 0) is 0 Å². The molecule has 3 heteroatoms. The molecule has 0 saturated carbocycles. The Hall–Kier alpha value is -1.51. The van der Waals surface area contributed by atoms with Crippen molar-refractivity contribution >= 4 is 11.6 Å². The summed E-state index contributed by atoms with van der Waals surface area (Å²) in [4.78, 5) is 0. The highest BCUT2D eigenvalue weighted by Gasteiger charge is 2.16. The van der Waals surface area contributed by atoms with Gasteiger partial charge in [-0.15, -0.1) is 0 Å². The van der Waals surface area contributed by atoms with Gasteiger partial charge < -0.3 is 9.84 Å². The van der Waals surface area contributed by atoms with Crippen LogP contribution in [-0.4, -0.2) is 12.2 Å². The van der Waals surface area contributed by atoms with Crippen LogP contribution in [0, 0.1) is 6.92 Å². The first-order valence-corrected chi connectivity index (χ1v) is 6.08. The van der Waals surface area contributed by atoms with Gasteiger partial charge in [0.25, 0.3) is 0 Å². The van der Waals surface area contributed by atoms with Crippen LogP contribution < -0.4 is 4.74 Å². The summed E-state index contributed by atoms with van der Waals surface area (Å²) in [5.41, 5.74) is 2.55. The van der Waals surface area contributed by atoms with Gasteiger partial charge in [-0.1, -0.05) is 35.9 Å². The van der Waals surface area contributed by atoms with Crippen molar-refractivity contribution in [2.75, 3.05) is 7.11 Å². The average molecular weight is 263 g/mol. The maximum absolute atomic E-state index is 10.5. The third-order valence-corrected chi connectivity index (χ3v) is 3.20. The SMILES string of the molecule is COc1ccccc1C(O)c1ccc(Cl)cc1C. The van der Waals surface area contributed by atoms with E-state index < -0.39 is 6.10 Å². The topological polar surface area (TPSA) is 29.5 Å². The van der Waals surface area contributed by atoms with Gasteiger partial charge in [0.1, 0.15) is 11.9 Å². The van der Waals surface area contributed by atoms with E-state index in [-0.39, 0.29) is 0 Å². The molecule has 0 bridgehead atoms. The lowest BCUT2D eigenvalue weighted by molar-refractivity contribution is 0.214. The fraction of sp³-hybridized carbons (Fsp3) is 0.200. The summed E-state index contributed by atoms with van der Waals surface area (Å²) in [7, 11) is 1.60. The van der Waals surface area contributed by atoms with Crippen LogP contribution >= 0.6 is 11.6 Å². The molecule has 1 atom stereocenters. The minimum atomic E-state index is -0.710. The first-order chi connectivity index (χ1) is 8.63. The molecule has 0 fully saturated rings. The summed E-state index contributed by atoms with van der Waals surface area (Å²) in [6.45, 7) is 1.93. The van der Waals surface area contributed by atoms with Gasteiger partial charge in [-0.05, 0) is 36.2 Å². The highest BCUT2D eigenvalue weighted by atomic mass is 35.5. The molecule has 0 radical (unpaired) electrons. The standard InChI is InChI=1S/C15H15ClO2/c1-10-9-11(16)7-8-12(10)15(17)13-5-3-4-6-14(13)18-2/h3-9,15,17H,1-2H3. The second kappa shape index (κ2) is 5.42. The molecule has 0 amide bonds. The maximum Gasteiger partial charge on any atom is 0.125 e. The number of ether oxygens (including phenoxy) is 1. The van der Waals surface area contributed by atoms with Crippen LogP contribution in [0.15, 0.2) is 42.5 Å². The first kappa shape index (κ1) is 12.9. The van der Waals surface area contributed by atoms with E-state index in [0.29, 0.717) is 10.8 Å². The molecule has 0 aliphatic carbocycles. The number of methoxy groups -OCH3 is 1. The number of halogens is 1. The Balaban J connectivity index is 2.44. The highest BCUT2D eigenvalue weighted by molar-refractivity contribution is 6.30. The van der Waals surface area contributed by atoms with Crippen molar-refractivity contribution < 1.29 is 9.84 Å². The lowest BCUT2D eigenvalue weighted by Gasteiger charge is -2.17. The van der Waals surface area contributed by atoms with Gasteiger partial charge in [0.05, 0.1) is 7.11 Å². The van der Waals surface area contributed by atoms with Gasteiger partial charge >= 0.3 is 0 Å². The maximum atomic E-state index is 10.5. The number of aliphatic hydroxyl groups excluding tert-OH is 1. The number of aryl methyl sites for hydroxylation is 1. The molecule has 2 aromatic rings. The molecule has 0 heterocycles. The van der Waals surface area contributed by atoms with Crippen LogP contribution in [0.1, 0.15) is 22.8 Å². The van der Waals surface area contributed by atoms with Gasteiger partial charge in [-0.2, -0.15) is 0 Å². The van der Waals surface area contributed by atoms with E-state index in [9.17, 15) is 5.11 Å². The lowest BCUT2D eigenvalue weighted by atomic mass is 9.97. The van der Waals surface area contributed by atoms with Crippen LogP contribution in [0.25, 0.3) is 0 Å². The molecule has 0 spiro atoms. The highest BCUT2D eigenvalue weighted by Crippen LogP contribution is 2.32. The Kier molecular flexibility index (Phi) is 3.90. The predicted molar refractivity (Wildman–Crippen MR) is 73.2 cm³/mol. The van der Waals surface area contributed by atoms with Crippen molar-refractivity contribution in [1.82, 2.24) is 0 Å². The van der Waals surface area contributed by atoms with E-state index in [2.05, 4.69) is 0 Å². The minimum Gasteiger partial charge on any atom is -0.496 e. The fourth-order valence-electron chi connectivity index (χ4n) is 2.01. The molecule has 1 unspecified atom stereocenters. The zero-order chi connectivity index (χ0) is 13.1. The summed E-state index contributed by atoms with van der Waals surface area (Å²) in [6.07, 6.45) is -0.710. The van der Waals surface area contributed by atoms with Crippen molar-refractivity contribution in [2.45, 2.75) is 13.0 Å². The second-order valence-corrected chi connectivity index (χ2v) is 4.58. The largest absolute Gasteiger partial charge is 0.496 e. The van der Waals surface area contributed by atoms with E-state index in [1.165, 1.54) is 0 Å². The van der Waals surface area contributed by atoms with E-state index in [1.54, 1.807) is 13.2 Å². The average Bonchev–Trinajstić information content (AvgIpc) is 2.38. The molecule has 18 heavy (non-hydrogen) atoms. The van der Waals surface area contributed by atoms with Crippen molar-refractivity contribution in [3.8, 4) is 5.75 Å². The smallest absolute Gasteiger partial charge is 0.125 e. The molecular weight excluding hydrogens is 248 g/mol. The minimum absolute atomic E-state index is 0.670. The summed E-state index contributed by atoms with van der Waals surface area (Å²) in [6, 6.07) is 12.9. The number of benzene rings is 2. The van der Waals surface area contributed by atoms with Gasteiger partial charge in [-0.3, -0.25) is 0 Å². The van der Waals surface area contributed by atoms with Crippen LogP contribution in [0.4, 0.5) is 0 Å². The van der Waals surface area contributed by atoms with Crippen LogP contribution in [0.2, 0.25) is 5.02 Å². The number of hydrogen-bond acceptors (Lipinski definition) is 2. The molecule has 2 nitrogen and oxygen atoms in total. The Morgan fingerprint density at radius 3 is 2.50 bits per heavy atom. The Labute approximate surface area is 112 Å². The molecule has 94 valence electrons.